The van der Waals surface area contributed by atoms with Crippen LogP contribution in [0, 0.1) is 11.8 Å². The molecule has 0 aromatic rings. The van der Waals surface area contributed by atoms with Gasteiger partial charge in [-0.1, -0.05) is 13.3 Å². The van der Waals surface area contributed by atoms with Crippen molar-refractivity contribution in [3.63, 3.8) is 0 Å². The largest absolute Gasteiger partial charge is 0.377 e. The van der Waals surface area contributed by atoms with E-state index in [2.05, 4.69) is 33.1 Å². The van der Waals surface area contributed by atoms with Gasteiger partial charge in [0.15, 0.2) is 0 Å². The van der Waals surface area contributed by atoms with Crippen LogP contribution in [-0.2, 0) is 4.74 Å². The van der Waals surface area contributed by atoms with Crippen molar-refractivity contribution in [2.24, 2.45) is 11.8 Å². The Labute approximate surface area is 88.4 Å². The molecule has 0 spiro atoms. The van der Waals surface area contributed by atoms with Crippen molar-refractivity contribution in [1.29, 1.82) is 0 Å². The molecule has 3 unspecified atom stereocenters. The molecule has 0 saturated heterocycles. The highest BCUT2D eigenvalue weighted by Crippen LogP contribution is 2.32. The summed E-state index contributed by atoms with van der Waals surface area (Å²) in [5.41, 5.74) is 0. The second-order valence-corrected chi connectivity index (χ2v) is 4.96. The maximum Gasteiger partial charge on any atom is 0.0625 e. The summed E-state index contributed by atoms with van der Waals surface area (Å²) < 4.78 is 5.68. The summed E-state index contributed by atoms with van der Waals surface area (Å²) in [6.07, 6.45) is 4.48. The van der Waals surface area contributed by atoms with Gasteiger partial charge in [0.05, 0.1) is 12.7 Å². The molecule has 1 N–H and O–H groups in total. The fourth-order valence-corrected chi connectivity index (χ4v) is 2.37. The van der Waals surface area contributed by atoms with Crippen LogP contribution in [0.4, 0.5) is 0 Å². The van der Waals surface area contributed by atoms with Crippen molar-refractivity contribution >= 4 is 0 Å². The first kappa shape index (κ1) is 12.0. The highest BCUT2D eigenvalue weighted by atomic mass is 16.5. The van der Waals surface area contributed by atoms with Crippen molar-refractivity contribution in [3.05, 3.63) is 0 Å². The average Bonchev–Trinajstić information content (AvgIpc) is 2.53. The van der Waals surface area contributed by atoms with Crippen molar-refractivity contribution in [3.8, 4) is 0 Å². The van der Waals surface area contributed by atoms with E-state index in [4.69, 9.17) is 4.74 Å². The molecule has 3 atom stereocenters. The Bertz CT molecular complexity index is 158. The van der Waals surface area contributed by atoms with Crippen molar-refractivity contribution in [2.45, 2.75) is 52.2 Å². The first-order valence-electron chi connectivity index (χ1n) is 5.92. The van der Waals surface area contributed by atoms with Crippen LogP contribution in [0.1, 0.15) is 40.0 Å². The lowest BCUT2D eigenvalue weighted by atomic mass is 9.98. The third-order valence-corrected chi connectivity index (χ3v) is 3.28. The maximum absolute atomic E-state index is 5.68. The Balaban J connectivity index is 2.30. The van der Waals surface area contributed by atoms with Crippen molar-refractivity contribution in [1.82, 2.24) is 5.32 Å². The molecule has 0 aromatic carbocycles. The van der Waals surface area contributed by atoms with Gasteiger partial charge in [-0.3, -0.25) is 0 Å². The van der Waals surface area contributed by atoms with Gasteiger partial charge in [0.25, 0.3) is 0 Å². The van der Waals surface area contributed by atoms with E-state index in [1.807, 2.05) is 0 Å². The molecule has 84 valence electrons. The lowest BCUT2D eigenvalue weighted by Gasteiger charge is -2.24. The van der Waals surface area contributed by atoms with Crippen LogP contribution in [0.3, 0.4) is 0 Å². The van der Waals surface area contributed by atoms with Gasteiger partial charge in [-0.05, 0) is 45.6 Å². The molecule has 0 aliphatic heterocycles. The molecule has 0 bridgehead atoms. The van der Waals surface area contributed by atoms with Gasteiger partial charge in [-0.15, -0.1) is 0 Å². The Morgan fingerprint density at radius 3 is 2.50 bits per heavy atom. The molecule has 0 amide bonds. The van der Waals surface area contributed by atoms with Gasteiger partial charge in [0, 0.05) is 6.04 Å². The molecule has 14 heavy (non-hydrogen) atoms. The van der Waals surface area contributed by atoms with E-state index in [0.29, 0.717) is 12.1 Å². The average molecular weight is 199 g/mol. The van der Waals surface area contributed by atoms with Gasteiger partial charge in [-0.2, -0.15) is 0 Å². The van der Waals surface area contributed by atoms with Crippen LogP contribution in [-0.4, -0.2) is 25.8 Å². The minimum atomic E-state index is 0.352. The predicted molar refractivity (Wildman–Crippen MR) is 60.4 cm³/mol. The van der Waals surface area contributed by atoms with E-state index >= 15 is 0 Å². The van der Waals surface area contributed by atoms with Crippen LogP contribution in [0.15, 0.2) is 0 Å². The molecule has 1 fully saturated rings. The zero-order valence-electron chi connectivity index (χ0n) is 10.0. The van der Waals surface area contributed by atoms with E-state index in [1.54, 1.807) is 0 Å². The van der Waals surface area contributed by atoms with Gasteiger partial charge >= 0.3 is 0 Å². The Hall–Kier alpha value is -0.0800. The standard InChI is InChI=1S/C12H25NO/c1-9(2)14-8-12(13-4)11-6-5-10(3)7-11/h9-13H,5-8H2,1-4H3. The molecule has 1 aliphatic carbocycles. The lowest BCUT2D eigenvalue weighted by molar-refractivity contribution is 0.0502. The Morgan fingerprint density at radius 1 is 1.36 bits per heavy atom. The van der Waals surface area contributed by atoms with E-state index in [0.717, 1.165) is 18.4 Å². The van der Waals surface area contributed by atoms with Gasteiger partial charge in [0.2, 0.25) is 0 Å². The molecular formula is C12H25NO. The number of rotatable bonds is 5. The first-order chi connectivity index (χ1) is 6.63. The molecule has 2 nitrogen and oxygen atoms in total. The first-order valence-corrected chi connectivity index (χ1v) is 5.92. The summed E-state index contributed by atoms with van der Waals surface area (Å²) in [4.78, 5) is 0. The zero-order chi connectivity index (χ0) is 10.6. The quantitative estimate of drug-likeness (QED) is 0.734. The van der Waals surface area contributed by atoms with Gasteiger partial charge < -0.3 is 10.1 Å². The molecule has 2 heteroatoms. The Morgan fingerprint density at radius 2 is 2.07 bits per heavy atom. The third kappa shape index (κ3) is 3.58. The number of likely N-dealkylation sites (N-methyl/N-ethyl adjacent to an activating group) is 1. The third-order valence-electron chi connectivity index (χ3n) is 3.28. The topological polar surface area (TPSA) is 21.3 Å². The fraction of sp³-hybridized carbons (Fsp3) is 1.00. The summed E-state index contributed by atoms with van der Waals surface area (Å²) in [5, 5.41) is 3.39. The van der Waals surface area contributed by atoms with E-state index < -0.39 is 0 Å². The van der Waals surface area contributed by atoms with E-state index in [1.165, 1.54) is 19.3 Å². The highest BCUT2D eigenvalue weighted by molar-refractivity contribution is 4.82. The van der Waals surface area contributed by atoms with Crippen molar-refractivity contribution < 1.29 is 4.74 Å². The monoisotopic (exact) mass is 199 g/mol. The second kappa shape index (κ2) is 5.72. The number of ether oxygens (including phenoxy) is 1. The second-order valence-electron chi connectivity index (χ2n) is 4.96. The zero-order valence-corrected chi connectivity index (χ0v) is 10.0. The van der Waals surface area contributed by atoms with Crippen LogP contribution < -0.4 is 5.32 Å². The molecule has 0 radical (unpaired) electrons. The normalized spacial score (nSPS) is 29.8. The number of nitrogens with one attached hydrogen (secondary N) is 1. The van der Waals surface area contributed by atoms with Crippen LogP contribution in [0.5, 0.6) is 0 Å². The molecule has 0 aromatic heterocycles. The van der Waals surface area contributed by atoms with Gasteiger partial charge in [-0.25, -0.2) is 0 Å². The van der Waals surface area contributed by atoms with E-state index in [9.17, 15) is 0 Å². The summed E-state index contributed by atoms with van der Waals surface area (Å²) in [7, 11) is 2.05. The molecule has 0 heterocycles. The maximum atomic E-state index is 5.68. The number of hydrogen-bond donors (Lipinski definition) is 1. The van der Waals surface area contributed by atoms with Gasteiger partial charge in [0.1, 0.15) is 0 Å². The van der Waals surface area contributed by atoms with Crippen LogP contribution in [0.25, 0.3) is 0 Å². The Kier molecular flexibility index (Phi) is 4.90. The molecule has 1 saturated carbocycles. The summed E-state index contributed by atoms with van der Waals surface area (Å²) in [5.74, 6) is 1.74. The summed E-state index contributed by atoms with van der Waals surface area (Å²) >= 11 is 0. The van der Waals surface area contributed by atoms with Crippen LogP contribution in [0.2, 0.25) is 0 Å². The SMILES string of the molecule is CNC(COC(C)C)C1CCC(C)C1. The van der Waals surface area contributed by atoms with Crippen LogP contribution >= 0.6 is 0 Å². The fourth-order valence-electron chi connectivity index (χ4n) is 2.37. The van der Waals surface area contributed by atoms with Crippen molar-refractivity contribution in [2.75, 3.05) is 13.7 Å². The molecular weight excluding hydrogens is 174 g/mol. The molecule has 1 rings (SSSR count). The smallest absolute Gasteiger partial charge is 0.0625 e. The minimum Gasteiger partial charge on any atom is -0.377 e. The van der Waals surface area contributed by atoms with E-state index in [-0.39, 0.29) is 0 Å². The lowest BCUT2D eigenvalue weighted by Crippen LogP contribution is -2.37. The summed E-state index contributed by atoms with van der Waals surface area (Å²) in [6, 6.07) is 0.558. The predicted octanol–water partition coefficient (Wildman–Crippen LogP) is 2.44. The molecule has 1 aliphatic rings. The summed E-state index contributed by atoms with van der Waals surface area (Å²) in [6.45, 7) is 7.43. The minimum absolute atomic E-state index is 0.352. The highest BCUT2D eigenvalue weighted by Gasteiger charge is 2.27. The number of hydrogen-bond acceptors (Lipinski definition) is 2.